The van der Waals surface area contributed by atoms with Gasteiger partial charge in [0.2, 0.25) is 0 Å². The van der Waals surface area contributed by atoms with Gasteiger partial charge in [-0.15, -0.1) is 12.4 Å². The Kier molecular flexibility index (Phi) is 4.60. The van der Waals surface area contributed by atoms with E-state index in [-0.39, 0.29) is 23.7 Å². The SMILES string of the molecule is Cc1cc2c(=O)n(CCN(C)C)c(=O)n3c4ccc5ccccc5c4c(c1)c23.Cl. The van der Waals surface area contributed by atoms with E-state index in [1.165, 1.54) is 4.57 Å². The van der Waals surface area contributed by atoms with Crippen molar-refractivity contribution in [3.8, 4) is 0 Å². The van der Waals surface area contributed by atoms with Gasteiger partial charge < -0.3 is 4.90 Å². The van der Waals surface area contributed by atoms with E-state index >= 15 is 0 Å². The largest absolute Gasteiger partial charge is 0.336 e. The third-order valence-corrected chi connectivity index (χ3v) is 5.56. The Labute approximate surface area is 173 Å². The lowest BCUT2D eigenvalue weighted by Gasteiger charge is -2.12. The Morgan fingerprint density at radius 3 is 2.41 bits per heavy atom. The highest BCUT2D eigenvalue weighted by Crippen LogP contribution is 2.35. The summed E-state index contributed by atoms with van der Waals surface area (Å²) in [4.78, 5) is 28.5. The van der Waals surface area contributed by atoms with Gasteiger partial charge in [0.15, 0.2) is 0 Å². The summed E-state index contributed by atoms with van der Waals surface area (Å²) >= 11 is 0. The maximum atomic E-state index is 13.4. The van der Waals surface area contributed by atoms with Crippen LogP contribution in [0.5, 0.6) is 0 Å². The van der Waals surface area contributed by atoms with Crippen LogP contribution in [-0.2, 0) is 6.54 Å². The van der Waals surface area contributed by atoms with Gasteiger partial charge in [0.25, 0.3) is 5.56 Å². The average Bonchev–Trinajstić information content (AvgIpc) is 3.00. The van der Waals surface area contributed by atoms with Crippen LogP contribution >= 0.6 is 12.4 Å². The zero-order valence-electron chi connectivity index (χ0n) is 16.6. The lowest BCUT2D eigenvalue weighted by atomic mass is 10.0. The highest BCUT2D eigenvalue weighted by Gasteiger charge is 2.20. The van der Waals surface area contributed by atoms with Crippen LogP contribution in [0.2, 0.25) is 0 Å². The van der Waals surface area contributed by atoms with Crippen molar-refractivity contribution in [2.75, 3.05) is 20.6 Å². The number of aromatic nitrogens is 2. The van der Waals surface area contributed by atoms with Crippen molar-refractivity contribution >= 4 is 50.4 Å². The van der Waals surface area contributed by atoms with Crippen LogP contribution in [0.3, 0.4) is 0 Å². The molecule has 0 fully saturated rings. The standard InChI is InChI=1S/C23H21N3O2.ClH/c1-14-12-17-20-16-7-5-4-6-15(16)8-9-19(20)26-21(17)18(13-14)22(27)25(23(26)28)11-10-24(2)3;/h4-9,12-13H,10-11H2,1-3H3;1H. The number of fused-ring (bicyclic) bond motifs is 5. The number of rotatable bonds is 3. The first-order valence-electron chi connectivity index (χ1n) is 9.45. The molecule has 0 aliphatic carbocycles. The molecule has 0 bridgehead atoms. The Balaban J connectivity index is 0.00000205. The van der Waals surface area contributed by atoms with Gasteiger partial charge in [-0.1, -0.05) is 30.3 Å². The molecule has 2 heterocycles. The van der Waals surface area contributed by atoms with E-state index in [1.807, 2.05) is 56.3 Å². The van der Waals surface area contributed by atoms with Crippen molar-refractivity contribution in [3.63, 3.8) is 0 Å². The van der Waals surface area contributed by atoms with E-state index in [0.29, 0.717) is 18.5 Å². The maximum absolute atomic E-state index is 13.4. The van der Waals surface area contributed by atoms with E-state index in [9.17, 15) is 9.59 Å². The molecule has 5 aromatic rings. The molecule has 0 saturated carbocycles. The van der Waals surface area contributed by atoms with E-state index in [2.05, 4.69) is 18.2 Å². The van der Waals surface area contributed by atoms with Gasteiger partial charge in [-0.25, -0.2) is 4.79 Å². The van der Waals surface area contributed by atoms with Gasteiger partial charge in [0, 0.05) is 23.9 Å². The molecule has 5 nitrogen and oxygen atoms in total. The van der Waals surface area contributed by atoms with Gasteiger partial charge in [0.05, 0.1) is 16.4 Å². The first-order valence-corrected chi connectivity index (χ1v) is 9.45. The number of hydrogen-bond donors (Lipinski definition) is 0. The molecule has 6 heteroatoms. The summed E-state index contributed by atoms with van der Waals surface area (Å²) < 4.78 is 3.10. The van der Waals surface area contributed by atoms with Crippen LogP contribution in [0.1, 0.15) is 5.56 Å². The molecule has 0 radical (unpaired) electrons. The average molecular weight is 408 g/mol. The first-order chi connectivity index (χ1) is 13.5. The molecule has 0 N–H and O–H groups in total. The topological polar surface area (TPSA) is 46.7 Å². The number of hydrogen-bond acceptors (Lipinski definition) is 3. The second-order valence-corrected chi connectivity index (χ2v) is 7.77. The van der Waals surface area contributed by atoms with Gasteiger partial charge in [-0.2, -0.15) is 0 Å². The Bertz CT molecular complexity index is 1500. The highest BCUT2D eigenvalue weighted by atomic mass is 35.5. The maximum Gasteiger partial charge on any atom is 0.336 e. The number of nitrogens with zero attached hydrogens (tertiary/aromatic N) is 3. The second-order valence-electron chi connectivity index (χ2n) is 7.77. The smallest absolute Gasteiger partial charge is 0.308 e. The summed E-state index contributed by atoms with van der Waals surface area (Å²) in [5.74, 6) is 0. The molecule has 0 spiro atoms. The fourth-order valence-corrected chi connectivity index (χ4v) is 4.27. The minimum absolute atomic E-state index is 0. The molecule has 5 rings (SSSR count). The van der Waals surface area contributed by atoms with Gasteiger partial charge >= 0.3 is 5.69 Å². The summed E-state index contributed by atoms with van der Waals surface area (Å²) in [6, 6.07) is 16.2. The summed E-state index contributed by atoms with van der Waals surface area (Å²) in [6.07, 6.45) is 0. The van der Waals surface area contributed by atoms with Crippen LogP contribution in [-0.4, -0.2) is 34.5 Å². The van der Waals surface area contributed by atoms with Crippen molar-refractivity contribution in [1.29, 1.82) is 0 Å². The summed E-state index contributed by atoms with van der Waals surface area (Å²) in [5.41, 5.74) is 2.13. The van der Waals surface area contributed by atoms with E-state index in [0.717, 1.165) is 38.1 Å². The summed E-state index contributed by atoms with van der Waals surface area (Å²) in [5, 5.41) is 4.83. The van der Waals surface area contributed by atoms with Crippen molar-refractivity contribution in [2.45, 2.75) is 13.5 Å². The zero-order valence-corrected chi connectivity index (χ0v) is 17.4. The van der Waals surface area contributed by atoms with Crippen LogP contribution in [0.25, 0.3) is 38.0 Å². The minimum Gasteiger partial charge on any atom is -0.308 e. The molecule has 0 atom stereocenters. The molecule has 0 unspecified atom stereocenters. The third-order valence-electron chi connectivity index (χ3n) is 5.56. The van der Waals surface area contributed by atoms with E-state index < -0.39 is 0 Å². The van der Waals surface area contributed by atoms with Crippen molar-refractivity contribution in [3.05, 3.63) is 74.9 Å². The van der Waals surface area contributed by atoms with Crippen molar-refractivity contribution in [1.82, 2.24) is 13.9 Å². The molecule has 29 heavy (non-hydrogen) atoms. The molecular weight excluding hydrogens is 386 g/mol. The van der Waals surface area contributed by atoms with Crippen LogP contribution < -0.4 is 11.2 Å². The normalized spacial score (nSPS) is 11.9. The van der Waals surface area contributed by atoms with Crippen LogP contribution in [0.15, 0.2) is 58.1 Å². The second kappa shape index (κ2) is 6.87. The van der Waals surface area contributed by atoms with Crippen molar-refractivity contribution in [2.24, 2.45) is 0 Å². The minimum atomic E-state index is -0.265. The lowest BCUT2D eigenvalue weighted by Crippen LogP contribution is -2.39. The number of benzene rings is 3. The quantitative estimate of drug-likeness (QED) is 0.458. The molecule has 0 amide bonds. The zero-order chi connectivity index (χ0) is 19.6. The fraction of sp³-hybridized carbons (Fsp3) is 0.217. The fourth-order valence-electron chi connectivity index (χ4n) is 4.27. The number of halogens is 1. The van der Waals surface area contributed by atoms with Crippen molar-refractivity contribution < 1.29 is 0 Å². The Hall–Kier alpha value is -2.89. The molecule has 0 saturated heterocycles. The number of likely N-dealkylation sites (N-methyl/N-ethyl adjacent to an activating group) is 1. The third kappa shape index (κ3) is 2.73. The number of aryl methyl sites for hydroxylation is 1. The predicted octanol–water partition coefficient (Wildman–Crippen LogP) is 3.65. The van der Waals surface area contributed by atoms with Crippen LogP contribution in [0.4, 0.5) is 0 Å². The highest BCUT2D eigenvalue weighted by molar-refractivity contribution is 6.23. The van der Waals surface area contributed by atoms with E-state index in [4.69, 9.17) is 0 Å². The van der Waals surface area contributed by atoms with Gasteiger partial charge in [-0.05, 0) is 55.6 Å². The molecular formula is C23H22ClN3O2. The Morgan fingerprint density at radius 2 is 1.66 bits per heavy atom. The van der Waals surface area contributed by atoms with Crippen LogP contribution in [0, 0.1) is 6.92 Å². The first kappa shape index (κ1) is 19.4. The Morgan fingerprint density at radius 1 is 0.931 bits per heavy atom. The predicted molar refractivity (Wildman–Crippen MR) is 122 cm³/mol. The molecule has 3 aromatic carbocycles. The molecule has 0 aliphatic rings. The molecule has 0 aliphatic heterocycles. The van der Waals surface area contributed by atoms with E-state index in [1.54, 1.807) is 4.40 Å². The van der Waals surface area contributed by atoms with Gasteiger partial charge in [-0.3, -0.25) is 13.8 Å². The summed E-state index contributed by atoms with van der Waals surface area (Å²) in [6.45, 7) is 2.99. The van der Waals surface area contributed by atoms with Gasteiger partial charge in [0.1, 0.15) is 0 Å². The monoisotopic (exact) mass is 407 g/mol. The lowest BCUT2D eigenvalue weighted by molar-refractivity contribution is 0.376. The summed E-state index contributed by atoms with van der Waals surface area (Å²) in [7, 11) is 3.87. The molecule has 148 valence electrons. The molecule has 2 aromatic heterocycles.